The molecule has 1 aliphatic rings. The number of sulfone groups is 1. The third-order valence-electron chi connectivity index (χ3n) is 3.26. The van der Waals surface area contributed by atoms with Crippen molar-refractivity contribution in [2.75, 3.05) is 18.6 Å². The monoisotopic (exact) mass is 248 g/mol. The molecule has 0 saturated heterocycles. The van der Waals surface area contributed by atoms with Crippen LogP contribution >= 0.6 is 0 Å². The number of nitrogens with two attached hydrogens (primary N) is 1. The molecule has 5 heteroatoms. The van der Waals surface area contributed by atoms with E-state index in [9.17, 15) is 8.42 Å². The lowest BCUT2D eigenvalue weighted by atomic mass is 9.84. The maximum atomic E-state index is 11.2. The lowest BCUT2D eigenvalue weighted by Gasteiger charge is -2.33. The first-order valence-electron chi connectivity index (χ1n) is 6.06. The Bertz CT molecular complexity index is 303. The number of rotatable bonds is 5. The van der Waals surface area contributed by atoms with E-state index in [2.05, 4.69) is 5.32 Å². The average Bonchev–Trinajstić information content (AvgIpc) is 2.15. The first-order chi connectivity index (χ1) is 7.42. The van der Waals surface area contributed by atoms with Crippen molar-refractivity contribution in [1.82, 2.24) is 5.32 Å². The van der Waals surface area contributed by atoms with Crippen molar-refractivity contribution in [2.45, 2.75) is 44.7 Å². The van der Waals surface area contributed by atoms with Gasteiger partial charge in [-0.1, -0.05) is 12.8 Å². The van der Waals surface area contributed by atoms with Crippen LogP contribution in [0.4, 0.5) is 0 Å². The Balaban J connectivity index is 2.45. The van der Waals surface area contributed by atoms with Crippen LogP contribution in [-0.4, -0.2) is 39.1 Å². The zero-order chi connectivity index (χ0) is 12.2. The summed E-state index contributed by atoms with van der Waals surface area (Å²) in [7, 11) is -2.89. The molecule has 96 valence electrons. The lowest BCUT2D eigenvalue weighted by Crippen LogP contribution is -2.47. The highest BCUT2D eigenvalue weighted by molar-refractivity contribution is 7.90. The van der Waals surface area contributed by atoms with Crippen LogP contribution in [-0.2, 0) is 9.84 Å². The first-order valence-corrected chi connectivity index (χ1v) is 8.12. The van der Waals surface area contributed by atoms with Crippen molar-refractivity contribution in [1.29, 1.82) is 0 Å². The van der Waals surface area contributed by atoms with Crippen LogP contribution in [0.1, 0.15) is 32.6 Å². The second-order valence-corrected chi connectivity index (χ2v) is 7.23. The van der Waals surface area contributed by atoms with Crippen molar-refractivity contribution in [3.63, 3.8) is 0 Å². The van der Waals surface area contributed by atoms with Gasteiger partial charge in [0, 0.05) is 18.3 Å². The Morgan fingerprint density at radius 3 is 2.56 bits per heavy atom. The molecule has 3 N–H and O–H groups in total. The van der Waals surface area contributed by atoms with Crippen LogP contribution in [0.5, 0.6) is 0 Å². The second kappa shape index (κ2) is 5.98. The van der Waals surface area contributed by atoms with Gasteiger partial charge >= 0.3 is 0 Å². The van der Waals surface area contributed by atoms with E-state index in [0.717, 1.165) is 6.42 Å². The van der Waals surface area contributed by atoms with Crippen LogP contribution in [0.15, 0.2) is 0 Å². The molecule has 1 fully saturated rings. The SMILES string of the molecule is CC(CS(C)(=O)=O)NC1CCCCC1CN. The summed E-state index contributed by atoms with van der Waals surface area (Å²) in [5.74, 6) is 0.719. The summed E-state index contributed by atoms with van der Waals surface area (Å²) in [5, 5.41) is 3.42. The summed E-state index contributed by atoms with van der Waals surface area (Å²) in [6.45, 7) is 2.63. The third kappa shape index (κ3) is 4.80. The Labute approximate surface area is 98.9 Å². The van der Waals surface area contributed by atoms with Gasteiger partial charge in [-0.2, -0.15) is 0 Å². The lowest BCUT2D eigenvalue weighted by molar-refractivity contribution is 0.256. The molecule has 0 spiro atoms. The summed E-state index contributed by atoms with van der Waals surface area (Å²) in [6, 6.07) is 0.419. The molecule has 0 radical (unpaired) electrons. The van der Waals surface area contributed by atoms with Crippen molar-refractivity contribution < 1.29 is 8.42 Å². The predicted octanol–water partition coefficient (Wildman–Crippen LogP) is 0.527. The molecule has 3 unspecified atom stereocenters. The Morgan fingerprint density at radius 1 is 1.38 bits per heavy atom. The predicted molar refractivity (Wildman–Crippen MR) is 67.1 cm³/mol. The zero-order valence-electron chi connectivity index (χ0n) is 10.3. The molecule has 0 aromatic rings. The normalized spacial score (nSPS) is 28.9. The Morgan fingerprint density at radius 2 is 2.00 bits per heavy atom. The highest BCUT2D eigenvalue weighted by Gasteiger charge is 2.25. The van der Waals surface area contributed by atoms with E-state index in [1.165, 1.54) is 25.5 Å². The van der Waals surface area contributed by atoms with Crippen LogP contribution < -0.4 is 11.1 Å². The molecule has 0 aromatic heterocycles. The van der Waals surface area contributed by atoms with E-state index in [-0.39, 0.29) is 11.8 Å². The highest BCUT2D eigenvalue weighted by Crippen LogP contribution is 2.23. The van der Waals surface area contributed by atoms with Gasteiger partial charge in [0.2, 0.25) is 0 Å². The molecule has 1 rings (SSSR count). The maximum Gasteiger partial charge on any atom is 0.148 e. The van der Waals surface area contributed by atoms with Crippen molar-refractivity contribution in [3.05, 3.63) is 0 Å². The van der Waals surface area contributed by atoms with Crippen molar-refractivity contribution in [2.24, 2.45) is 11.7 Å². The van der Waals surface area contributed by atoms with Gasteiger partial charge < -0.3 is 11.1 Å². The standard InChI is InChI=1S/C11H24N2O2S/c1-9(8-16(2,14)15)13-11-6-4-3-5-10(11)7-12/h9-11,13H,3-8,12H2,1-2H3. The summed E-state index contributed by atoms with van der Waals surface area (Å²) in [5.41, 5.74) is 5.74. The van der Waals surface area contributed by atoms with E-state index in [1.54, 1.807) is 0 Å². The molecule has 0 aromatic carbocycles. The molecular formula is C11H24N2O2S. The van der Waals surface area contributed by atoms with Gasteiger partial charge in [0.15, 0.2) is 0 Å². The largest absolute Gasteiger partial charge is 0.330 e. The van der Waals surface area contributed by atoms with E-state index in [1.807, 2.05) is 6.92 Å². The highest BCUT2D eigenvalue weighted by atomic mass is 32.2. The van der Waals surface area contributed by atoms with Gasteiger partial charge in [-0.25, -0.2) is 8.42 Å². The van der Waals surface area contributed by atoms with Gasteiger partial charge in [0.1, 0.15) is 9.84 Å². The summed E-state index contributed by atoms with van der Waals surface area (Å²) < 4.78 is 22.3. The van der Waals surface area contributed by atoms with Crippen LogP contribution in [0.3, 0.4) is 0 Å². The van der Waals surface area contributed by atoms with E-state index >= 15 is 0 Å². The minimum absolute atomic E-state index is 0.0205. The molecule has 0 heterocycles. The molecule has 1 saturated carbocycles. The number of nitrogens with one attached hydrogen (secondary N) is 1. The van der Waals surface area contributed by atoms with Crippen LogP contribution in [0.2, 0.25) is 0 Å². The minimum atomic E-state index is -2.89. The molecule has 16 heavy (non-hydrogen) atoms. The zero-order valence-corrected chi connectivity index (χ0v) is 11.1. The third-order valence-corrected chi connectivity index (χ3v) is 4.37. The average molecular weight is 248 g/mol. The molecule has 4 nitrogen and oxygen atoms in total. The maximum absolute atomic E-state index is 11.2. The fraction of sp³-hybridized carbons (Fsp3) is 1.00. The molecule has 3 atom stereocenters. The molecule has 0 bridgehead atoms. The Hall–Kier alpha value is -0.130. The topological polar surface area (TPSA) is 72.2 Å². The van der Waals surface area contributed by atoms with Gasteiger partial charge in [-0.3, -0.25) is 0 Å². The summed E-state index contributed by atoms with van der Waals surface area (Å²) in [6.07, 6.45) is 6.04. The van der Waals surface area contributed by atoms with Gasteiger partial charge in [-0.15, -0.1) is 0 Å². The van der Waals surface area contributed by atoms with Crippen molar-refractivity contribution >= 4 is 9.84 Å². The fourth-order valence-corrected chi connectivity index (χ4v) is 3.58. The molecular weight excluding hydrogens is 224 g/mol. The van der Waals surface area contributed by atoms with E-state index in [4.69, 9.17) is 5.73 Å². The quantitative estimate of drug-likeness (QED) is 0.744. The van der Waals surface area contributed by atoms with Gasteiger partial charge in [-0.05, 0) is 32.2 Å². The second-order valence-electron chi connectivity index (χ2n) is 5.05. The summed E-state index contributed by atoms with van der Waals surface area (Å²) >= 11 is 0. The van der Waals surface area contributed by atoms with Crippen molar-refractivity contribution in [3.8, 4) is 0 Å². The smallest absolute Gasteiger partial charge is 0.148 e. The minimum Gasteiger partial charge on any atom is -0.330 e. The fourth-order valence-electron chi connectivity index (χ4n) is 2.58. The van der Waals surface area contributed by atoms with E-state index < -0.39 is 9.84 Å². The van der Waals surface area contributed by atoms with Crippen LogP contribution in [0.25, 0.3) is 0 Å². The van der Waals surface area contributed by atoms with E-state index in [0.29, 0.717) is 18.5 Å². The first kappa shape index (κ1) is 13.9. The molecule has 1 aliphatic carbocycles. The molecule has 0 amide bonds. The summed E-state index contributed by atoms with van der Waals surface area (Å²) in [4.78, 5) is 0. The number of hydrogen-bond donors (Lipinski definition) is 2. The number of hydrogen-bond acceptors (Lipinski definition) is 4. The van der Waals surface area contributed by atoms with Gasteiger partial charge in [0.05, 0.1) is 5.75 Å². The van der Waals surface area contributed by atoms with Gasteiger partial charge in [0.25, 0.3) is 0 Å². The molecule has 0 aliphatic heterocycles. The van der Waals surface area contributed by atoms with Crippen LogP contribution in [0, 0.1) is 5.92 Å². The Kier molecular flexibility index (Phi) is 5.21.